The summed E-state index contributed by atoms with van der Waals surface area (Å²) in [5.74, 6) is 5.71. The first-order valence-electron chi connectivity index (χ1n) is 3.98. The van der Waals surface area contributed by atoms with Crippen LogP contribution in [0.25, 0.3) is 0 Å². The molecule has 2 rings (SSSR count). The van der Waals surface area contributed by atoms with Crippen LogP contribution in [0.4, 0.5) is 5.82 Å². The maximum Gasteiger partial charge on any atom is 0.215 e. The average molecular weight is 224 g/mol. The number of nitrogen functional groups attached to an aromatic ring is 1. The van der Waals surface area contributed by atoms with Gasteiger partial charge in [-0.25, -0.2) is 15.5 Å². The highest BCUT2D eigenvalue weighted by Crippen LogP contribution is 2.22. The van der Waals surface area contributed by atoms with Crippen molar-refractivity contribution in [3.63, 3.8) is 0 Å². The second-order valence-electron chi connectivity index (χ2n) is 2.57. The van der Waals surface area contributed by atoms with Crippen LogP contribution in [-0.4, -0.2) is 30.2 Å². The molecule has 78 valence electrons. The van der Waals surface area contributed by atoms with E-state index in [1.807, 2.05) is 0 Å². The van der Waals surface area contributed by atoms with E-state index in [0.29, 0.717) is 16.0 Å². The largest absolute Gasteiger partial charge is 0.307 e. The summed E-state index contributed by atoms with van der Waals surface area (Å²) in [6.07, 6.45) is 3.14. The molecule has 0 amide bonds. The zero-order valence-electron chi connectivity index (χ0n) is 7.82. The fraction of sp³-hybridized carbons (Fsp3) is 0.167. The van der Waals surface area contributed by atoms with Crippen molar-refractivity contribution in [3.05, 3.63) is 12.4 Å². The Morgan fingerprint density at radius 1 is 1.47 bits per heavy atom. The van der Waals surface area contributed by atoms with Gasteiger partial charge >= 0.3 is 0 Å². The summed E-state index contributed by atoms with van der Waals surface area (Å²) >= 11 is 1.31. The Labute approximate surface area is 89.3 Å². The lowest BCUT2D eigenvalue weighted by Gasteiger charge is -2.00. The molecule has 2 aromatic heterocycles. The highest BCUT2D eigenvalue weighted by Gasteiger charge is 2.06. The number of nitrogens with zero attached hydrogens (tertiary/aromatic N) is 6. The molecule has 0 aliphatic rings. The fourth-order valence-electron chi connectivity index (χ4n) is 0.868. The predicted molar refractivity (Wildman–Crippen MR) is 52.8 cm³/mol. The lowest BCUT2D eigenvalue weighted by Crippen LogP contribution is -2.09. The first-order valence-corrected chi connectivity index (χ1v) is 4.80. The Bertz CT molecular complexity index is 454. The van der Waals surface area contributed by atoms with Gasteiger partial charge in [-0.05, 0) is 22.2 Å². The van der Waals surface area contributed by atoms with Gasteiger partial charge in [-0.15, -0.1) is 5.10 Å². The predicted octanol–water partition coefficient (Wildman–Crippen LogP) is -0.563. The minimum Gasteiger partial charge on any atom is -0.307 e. The minimum atomic E-state index is 0.495. The standard InChI is InChI=1S/C6H8N8S/c1-14-6(11-12-13-14)15-5-3-8-2-4(9-5)10-7/h2-3H,7H2,1H3,(H,9,10). The molecule has 0 saturated heterocycles. The van der Waals surface area contributed by atoms with Gasteiger partial charge in [-0.3, -0.25) is 4.98 Å². The van der Waals surface area contributed by atoms with Gasteiger partial charge in [-0.2, -0.15) is 0 Å². The summed E-state index contributed by atoms with van der Waals surface area (Å²) in [6.45, 7) is 0. The summed E-state index contributed by atoms with van der Waals surface area (Å²) < 4.78 is 1.55. The normalized spacial score (nSPS) is 10.3. The highest BCUT2D eigenvalue weighted by atomic mass is 32.2. The number of aryl methyl sites for hydroxylation is 1. The SMILES string of the molecule is Cn1nnnc1Sc1cncc(NN)n1. The van der Waals surface area contributed by atoms with Crippen molar-refractivity contribution >= 4 is 17.6 Å². The van der Waals surface area contributed by atoms with Crippen molar-refractivity contribution < 1.29 is 0 Å². The molecule has 0 saturated carbocycles. The molecule has 8 nitrogen and oxygen atoms in total. The zero-order valence-corrected chi connectivity index (χ0v) is 8.64. The molecule has 0 unspecified atom stereocenters. The van der Waals surface area contributed by atoms with Crippen LogP contribution in [0, 0.1) is 0 Å². The van der Waals surface area contributed by atoms with Crippen LogP contribution in [-0.2, 0) is 7.05 Å². The number of aromatic nitrogens is 6. The molecular weight excluding hydrogens is 216 g/mol. The van der Waals surface area contributed by atoms with E-state index in [9.17, 15) is 0 Å². The first-order chi connectivity index (χ1) is 7.29. The van der Waals surface area contributed by atoms with E-state index in [1.54, 1.807) is 17.9 Å². The maximum absolute atomic E-state index is 5.21. The monoisotopic (exact) mass is 224 g/mol. The lowest BCUT2D eigenvalue weighted by atomic mass is 10.7. The number of hydrogen-bond donors (Lipinski definition) is 2. The molecule has 0 aliphatic carbocycles. The van der Waals surface area contributed by atoms with Crippen molar-refractivity contribution in [1.29, 1.82) is 0 Å². The fourth-order valence-corrected chi connectivity index (χ4v) is 1.56. The van der Waals surface area contributed by atoms with Gasteiger partial charge in [0.2, 0.25) is 5.16 Å². The van der Waals surface area contributed by atoms with Gasteiger partial charge in [0, 0.05) is 7.05 Å². The molecule has 3 N–H and O–H groups in total. The van der Waals surface area contributed by atoms with Gasteiger partial charge in [0.15, 0.2) is 5.82 Å². The lowest BCUT2D eigenvalue weighted by molar-refractivity contribution is 0.664. The van der Waals surface area contributed by atoms with Crippen molar-refractivity contribution in [2.75, 3.05) is 5.43 Å². The van der Waals surface area contributed by atoms with Crippen LogP contribution in [0.1, 0.15) is 0 Å². The first kappa shape index (κ1) is 9.80. The van der Waals surface area contributed by atoms with Crippen molar-refractivity contribution in [1.82, 2.24) is 30.2 Å². The van der Waals surface area contributed by atoms with Crippen LogP contribution < -0.4 is 11.3 Å². The van der Waals surface area contributed by atoms with E-state index in [1.165, 1.54) is 18.0 Å². The second kappa shape index (κ2) is 4.19. The number of anilines is 1. The van der Waals surface area contributed by atoms with E-state index in [0.717, 1.165) is 0 Å². The second-order valence-corrected chi connectivity index (χ2v) is 3.56. The maximum atomic E-state index is 5.21. The molecule has 0 fully saturated rings. The number of rotatable bonds is 3. The number of tetrazole rings is 1. The van der Waals surface area contributed by atoms with Crippen molar-refractivity contribution in [3.8, 4) is 0 Å². The topological polar surface area (TPSA) is 107 Å². The highest BCUT2D eigenvalue weighted by molar-refractivity contribution is 7.99. The molecule has 2 heterocycles. The van der Waals surface area contributed by atoms with Gasteiger partial charge in [-0.1, -0.05) is 0 Å². The van der Waals surface area contributed by atoms with E-state index in [-0.39, 0.29) is 0 Å². The Morgan fingerprint density at radius 2 is 2.33 bits per heavy atom. The molecule has 15 heavy (non-hydrogen) atoms. The summed E-state index contributed by atoms with van der Waals surface area (Å²) in [7, 11) is 1.75. The van der Waals surface area contributed by atoms with Crippen LogP contribution in [0.5, 0.6) is 0 Å². The zero-order chi connectivity index (χ0) is 10.7. The molecule has 0 radical (unpaired) electrons. The summed E-state index contributed by atoms with van der Waals surface area (Å²) in [5, 5.41) is 12.3. The molecule has 0 atom stereocenters. The van der Waals surface area contributed by atoms with Crippen molar-refractivity contribution in [2.24, 2.45) is 12.9 Å². The summed E-state index contributed by atoms with van der Waals surface area (Å²) in [5.41, 5.74) is 2.42. The average Bonchev–Trinajstić information content (AvgIpc) is 2.65. The number of hydrazine groups is 1. The molecule has 9 heteroatoms. The third-order valence-electron chi connectivity index (χ3n) is 1.54. The summed E-state index contributed by atoms with van der Waals surface area (Å²) in [6, 6.07) is 0. The molecule has 0 aromatic carbocycles. The molecular formula is C6H8N8S. The van der Waals surface area contributed by atoms with Gasteiger partial charge in [0.05, 0.1) is 12.4 Å². The van der Waals surface area contributed by atoms with Gasteiger partial charge in [0.25, 0.3) is 0 Å². The quantitative estimate of drug-likeness (QED) is 0.527. The minimum absolute atomic E-state index is 0.495. The van der Waals surface area contributed by atoms with Crippen LogP contribution >= 0.6 is 11.8 Å². The third-order valence-corrected chi connectivity index (χ3v) is 2.47. The Kier molecular flexibility index (Phi) is 2.74. The van der Waals surface area contributed by atoms with Gasteiger partial charge in [0.1, 0.15) is 5.03 Å². The summed E-state index contributed by atoms with van der Waals surface area (Å²) in [4.78, 5) is 8.12. The molecule has 0 aliphatic heterocycles. The van der Waals surface area contributed by atoms with E-state index in [2.05, 4.69) is 30.9 Å². The Balaban J connectivity index is 2.21. The Hall–Kier alpha value is -1.74. The van der Waals surface area contributed by atoms with Crippen LogP contribution in [0.15, 0.2) is 22.6 Å². The Morgan fingerprint density at radius 3 is 3.00 bits per heavy atom. The van der Waals surface area contributed by atoms with Crippen LogP contribution in [0.3, 0.4) is 0 Å². The van der Waals surface area contributed by atoms with E-state index < -0.39 is 0 Å². The number of nitrogens with one attached hydrogen (secondary N) is 1. The van der Waals surface area contributed by atoms with Crippen molar-refractivity contribution in [2.45, 2.75) is 10.2 Å². The van der Waals surface area contributed by atoms with E-state index >= 15 is 0 Å². The van der Waals surface area contributed by atoms with Gasteiger partial charge < -0.3 is 5.43 Å². The third kappa shape index (κ3) is 2.19. The molecule has 0 bridgehead atoms. The van der Waals surface area contributed by atoms with Crippen LogP contribution in [0.2, 0.25) is 0 Å². The number of nitrogens with two attached hydrogens (primary N) is 1. The smallest absolute Gasteiger partial charge is 0.215 e. The van der Waals surface area contributed by atoms with E-state index in [4.69, 9.17) is 5.84 Å². The molecule has 2 aromatic rings. The number of hydrogen-bond acceptors (Lipinski definition) is 8. The molecule has 0 spiro atoms.